The first-order valence-corrected chi connectivity index (χ1v) is 17.3. The molecule has 11 nitrogen and oxygen atoms in total. The zero-order valence-electron chi connectivity index (χ0n) is 28.7. The minimum atomic E-state index is -1.15. The third-order valence-corrected chi connectivity index (χ3v) is 9.37. The number of nitrogens with zero attached hydrogens (tertiary/aromatic N) is 4. The van der Waals surface area contributed by atoms with Crippen molar-refractivity contribution in [3.8, 4) is 17.2 Å². The van der Waals surface area contributed by atoms with Gasteiger partial charge in [0.05, 0.1) is 31.5 Å². The maximum absolute atomic E-state index is 11.7. The predicted molar refractivity (Wildman–Crippen MR) is 188 cm³/mol. The monoisotopic (exact) mass is 802 g/mol. The zero-order valence-corrected chi connectivity index (χ0v) is 31.8. The molecule has 14 heteroatoms. The molecule has 2 saturated heterocycles. The normalized spacial score (nSPS) is 18.6. The first-order valence-electron chi connectivity index (χ1n) is 16.5. The van der Waals surface area contributed by atoms with Crippen LogP contribution < -0.4 is 40.7 Å². The van der Waals surface area contributed by atoms with Gasteiger partial charge >= 0.3 is 5.97 Å². The van der Waals surface area contributed by atoms with Gasteiger partial charge in [-0.2, -0.15) is 0 Å². The van der Waals surface area contributed by atoms with Gasteiger partial charge < -0.3 is 50.5 Å². The van der Waals surface area contributed by atoms with Crippen LogP contribution in [0.4, 0.5) is 5.69 Å². The molecule has 0 N–H and O–H groups in total. The zero-order chi connectivity index (χ0) is 35.3. The van der Waals surface area contributed by atoms with Crippen LogP contribution in [-0.4, -0.2) is 74.0 Å². The topological polar surface area (TPSA) is 95.6 Å². The number of aromatic nitrogens is 2. The number of piperazine rings is 1. The molecule has 2 atom stereocenters. The van der Waals surface area contributed by atoms with Crippen molar-refractivity contribution in [3.63, 3.8) is 0 Å². The van der Waals surface area contributed by atoms with Crippen LogP contribution in [0.3, 0.4) is 0 Å². The molecule has 1 aromatic heterocycles. The fraction of sp³-hybridized carbons (Fsp3) is 0.378. The quantitative estimate of drug-likeness (QED) is 0.123. The number of rotatable bonds is 12. The van der Waals surface area contributed by atoms with Gasteiger partial charge in [-0.25, -0.2) is 9.13 Å². The Bertz CT molecular complexity index is 1820. The lowest BCUT2D eigenvalue weighted by atomic mass is 10.1. The van der Waals surface area contributed by atoms with E-state index in [2.05, 4.69) is 17.0 Å². The molecule has 2 fully saturated rings. The second-order valence-corrected chi connectivity index (χ2v) is 13.2. The van der Waals surface area contributed by atoms with E-state index in [9.17, 15) is 9.59 Å². The number of hydrogen-bond donors (Lipinski definition) is 0. The number of ether oxygens (including phenoxy) is 5. The number of hydrogen-bond acceptors (Lipinski definition) is 8. The van der Waals surface area contributed by atoms with Gasteiger partial charge in [0.15, 0.2) is 11.5 Å². The molecular weight excluding hydrogens is 763 g/mol. The summed E-state index contributed by atoms with van der Waals surface area (Å²) in [6.07, 6.45) is 6.25. The molecule has 0 aliphatic carbocycles. The van der Waals surface area contributed by atoms with E-state index in [1.165, 1.54) is 14.0 Å². The molecular formula is C37H41BrCl2N4O7. The van der Waals surface area contributed by atoms with E-state index < -0.39 is 11.8 Å². The van der Waals surface area contributed by atoms with Crippen molar-refractivity contribution < 1.29 is 54.8 Å². The van der Waals surface area contributed by atoms with Crippen LogP contribution in [0.15, 0.2) is 79.4 Å². The maximum Gasteiger partial charge on any atom is 0.308 e. The van der Waals surface area contributed by atoms with E-state index in [0.29, 0.717) is 59.8 Å². The van der Waals surface area contributed by atoms with Crippen molar-refractivity contribution in [2.75, 3.05) is 51.4 Å². The third-order valence-electron chi connectivity index (χ3n) is 8.82. The highest BCUT2D eigenvalue weighted by Crippen LogP contribution is 2.41. The van der Waals surface area contributed by atoms with E-state index in [0.717, 1.165) is 43.2 Å². The minimum Gasteiger partial charge on any atom is -1.00 e. The van der Waals surface area contributed by atoms with Gasteiger partial charge in [0, 0.05) is 62.7 Å². The van der Waals surface area contributed by atoms with Gasteiger partial charge in [0.25, 0.3) is 0 Å². The Hall–Kier alpha value is -3.81. The number of anilines is 1. The highest BCUT2D eigenvalue weighted by atomic mass is 79.9. The summed E-state index contributed by atoms with van der Waals surface area (Å²) < 4.78 is 33.9. The Balaban J connectivity index is 0.00000504. The molecule has 0 bridgehead atoms. The van der Waals surface area contributed by atoms with Crippen molar-refractivity contribution in [2.24, 2.45) is 0 Å². The van der Waals surface area contributed by atoms with Crippen LogP contribution in [0.2, 0.25) is 10.0 Å². The smallest absolute Gasteiger partial charge is 0.308 e. The maximum atomic E-state index is 11.7. The number of esters is 1. The highest BCUT2D eigenvalue weighted by molar-refractivity contribution is 6.35. The SMILES string of the molecule is COc1cc(C[n+]2ccn(C[C@]3(c4ccc(Cl)cc4Cl)OC[C@H](CCOc4ccc(N5CCN(C(C)=O)CC5)cc4)O3)c2)ccc1OC(C)=O.[Br-]. The van der Waals surface area contributed by atoms with Crippen LogP contribution in [0, 0.1) is 0 Å². The van der Waals surface area contributed by atoms with Crippen molar-refractivity contribution in [1.82, 2.24) is 9.47 Å². The van der Waals surface area contributed by atoms with E-state index in [1.807, 2.05) is 63.1 Å². The molecule has 1 amide bonds. The van der Waals surface area contributed by atoms with Gasteiger partial charge in [-0.05, 0) is 54.1 Å². The summed E-state index contributed by atoms with van der Waals surface area (Å²) >= 11 is 13.0. The number of methoxy groups -OCH3 is 1. The Morgan fingerprint density at radius 2 is 1.75 bits per heavy atom. The van der Waals surface area contributed by atoms with Gasteiger partial charge in [-0.1, -0.05) is 35.3 Å². The predicted octanol–water partition coefficient (Wildman–Crippen LogP) is 2.47. The summed E-state index contributed by atoms with van der Waals surface area (Å²) in [5, 5.41) is 0.979. The molecule has 272 valence electrons. The van der Waals surface area contributed by atoms with E-state index in [1.54, 1.807) is 25.1 Å². The summed E-state index contributed by atoms with van der Waals surface area (Å²) in [4.78, 5) is 27.2. The third kappa shape index (κ3) is 9.55. The first-order chi connectivity index (χ1) is 24.1. The number of imidazole rings is 1. The standard InChI is InChI=1S/C37H41Cl2N4O7.BrH/c1-26(44)42-15-17-43(18-16-42)30-6-8-31(9-7-30)47-19-12-32-23-48-37(50-32,33-10-5-29(38)21-34(33)39)24-41-14-13-40(25-41)22-28-4-11-35(49-27(2)45)36(20-28)46-3;/h4-11,13-14,20-21,25,32H,12,15-19,22-24H2,1-3H3;1H/q+1;/p-1/t32-,37-;/m0./s1. The lowest BCUT2D eigenvalue weighted by molar-refractivity contribution is -0.688. The number of carbonyl (C=O) groups is 2. The van der Waals surface area contributed by atoms with Crippen molar-refractivity contribution in [2.45, 2.75) is 45.2 Å². The lowest BCUT2D eigenvalue weighted by Gasteiger charge is -2.35. The van der Waals surface area contributed by atoms with Crippen molar-refractivity contribution >= 4 is 40.8 Å². The molecule has 3 aromatic carbocycles. The van der Waals surface area contributed by atoms with Crippen molar-refractivity contribution in [1.29, 1.82) is 0 Å². The molecule has 3 heterocycles. The van der Waals surface area contributed by atoms with Gasteiger partial charge in [-0.3, -0.25) is 9.59 Å². The average molecular weight is 805 g/mol. The molecule has 2 aliphatic heterocycles. The average Bonchev–Trinajstić information content (AvgIpc) is 3.72. The Morgan fingerprint density at radius 1 is 0.980 bits per heavy atom. The van der Waals surface area contributed by atoms with Crippen LogP contribution in [-0.2, 0) is 37.9 Å². The van der Waals surface area contributed by atoms with Gasteiger partial charge in [-0.15, -0.1) is 0 Å². The van der Waals surface area contributed by atoms with Crippen LogP contribution in [0.5, 0.6) is 17.2 Å². The molecule has 4 aromatic rings. The fourth-order valence-corrected chi connectivity index (χ4v) is 6.83. The Morgan fingerprint density at radius 3 is 2.43 bits per heavy atom. The highest BCUT2D eigenvalue weighted by Gasteiger charge is 2.46. The second-order valence-electron chi connectivity index (χ2n) is 12.4. The Kier molecular flexibility index (Phi) is 12.9. The van der Waals surface area contributed by atoms with Crippen LogP contribution >= 0.6 is 23.2 Å². The molecule has 0 unspecified atom stereocenters. The number of halogens is 3. The van der Waals surface area contributed by atoms with E-state index >= 15 is 0 Å². The summed E-state index contributed by atoms with van der Waals surface area (Å²) in [5.74, 6) is 0.195. The molecule has 51 heavy (non-hydrogen) atoms. The van der Waals surface area contributed by atoms with Gasteiger partial charge in [0.2, 0.25) is 18.0 Å². The molecule has 2 aliphatic rings. The summed E-state index contributed by atoms with van der Waals surface area (Å²) in [7, 11) is 1.54. The first kappa shape index (κ1) is 38.4. The molecule has 6 rings (SSSR count). The summed E-state index contributed by atoms with van der Waals surface area (Å²) in [5.41, 5.74) is 2.77. The second kappa shape index (κ2) is 17.1. The van der Waals surface area contributed by atoms with Crippen LogP contribution in [0.25, 0.3) is 0 Å². The number of carbonyl (C=O) groups excluding carboxylic acids is 2. The molecule has 0 spiro atoms. The Labute approximate surface area is 318 Å². The molecule has 0 radical (unpaired) electrons. The fourth-order valence-electron chi connectivity index (χ4n) is 6.28. The number of amides is 1. The minimum absolute atomic E-state index is 0. The molecule has 0 saturated carbocycles. The van der Waals surface area contributed by atoms with E-state index in [4.69, 9.17) is 46.9 Å². The number of benzene rings is 3. The largest absolute Gasteiger partial charge is 1.00 e. The lowest BCUT2D eigenvalue weighted by Crippen LogP contribution is -3.00. The van der Waals surface area contributed by atoms with Gasteiger partial charge in [0.1, 0.15) is 31.2 Å². The van der Waals surface area contributed by atoms with E-state index in [-0.39, 0.29) is 29.0 Å². The van der Waals surface area contributed by atoms with Crippen molar-refractivity contribution in [3.05, 3.63) is 101 Å². The summed E-state index contributed by atoms with van der Waals surface area (Å²) in [6.45, 7) is 7.75. The van der Waals surface area contributed by atoms with Crippen LogP contribution in [0.1, 0.15) is 31.4 Å². The summed E-state index contributed by atoms with van der Waals surface area (Å²) in [6, 6.07) is 18.8.